The number of aliphatic hydroxyl groups excluding tert-OH is 3. The highest BCUT2D eigenvalue weighted by atomic mass is 32.1. The minimum absolute atomic E-state index is 0.0294. The standard InChI is InChI=1S/C26H22F4N4O6S/c27-11-1-2-18-12(7-11)19(25(31)38)23(41-18)13-3-4-39-26(13)24(37)21(22(36)17(9-35)40-26)34-8-16(32-33-34)10-5-14(28)20(30)15(29)6-10/h1-2,5-8,13,17,21-22,24,35-37H,3-4,9H2,(H2,31,38)/t13-,17+,21-,22-,24+,26-/m0/s1. The predicted octanol–water partition coefficient (Wildman–Crippen LogP) is 2.37. The summed E-state index contributed by atoms with van der Waals surface area (Å²) in [6, 6.07) is 3.96. The number of aliphatic hydroxyl groups is 3. The van der Waals surface area contributed by atoms with Crippen LogP contribution in [-0.2, 0) is 9.47 Å². The molecule has 4 heterocycles. The quantitative estimate of drug-likeness (QED) is 0.203. The Labute approximate surface area is 232 Å². The first kappa shape index (κ1) is 27.7. The average Bonchev–Trinajstić information content (AvgIpc) is 3.66. The molecule has 216 valence electrons. The van der Waals surface area contributed by atoms with Crippen molar-refractivity contribution >= 4 is 27.3 Å². The molecule has 15 heteroatoms. The van der Waals surface area contributed by atoms with E-state index in [1.165, 1.54) is 24.4 Å². The number of halogens is 4. The summed E-state index contributed by atoms with van der Waals surface area (Å²) < 4.78 is 68.8. The van der Waals surface area contributed by atoms with Crippen LogP contribution in [0.4, 0.5) is 17.6 Å². The first-order chi connectivity index (χ1) is 19.6. The number of amides is 1. The van der Waals surface area contributed by atoms with Crippen molar-refractivity contribution in [3.05, 3.63) is 70.2 Å². The van der Waals surface area contributed by atoms with E-state index in [0.29, 0.717) is 21.7 Å². The molecule has 6 atom stereocenters. The number of nitrogens with two attached hydrogens (primary N) is 1. The third kappa shape index (κ3) is 4.31. The molecule has 2 aliphatic rings. The molecule has 2 saturated heterocycles. The molecule has 6 rings (SSSR count). The van der Waals surface area contributed by atoms with Gasteiger partial charge in [-0.3, -0.25) is 4.79 Å². The fraction of sp³-hybridized carbons (Fsp3) is 0.346. The van der Waals surface area contributed by atoms with Crippen molar-refractivity contribution in [1.29, 1.82) is 0 Å². The summed E-state index contributed by atoms with van der Waals surface area (Å²) >= 11 is 1.14. The highest BCUT2D eigenvalue weighted by Gasteiger charge is 2.62. The van der Waals surface area contributed by atoms with Gasteiger partial charge >= 0.3 is 0 Å². The number of rotatable bonds is 5. The number of nitrogens with zero attached hydrogens (tertiary/aromatic N) is 3. The van der Waals surface area contributed by atoms with E-state index in [1.807, 2.05) is 0 Å². The number of benzene rings is 2. The lowest BCUT2D eigenvalue weighted by atomic mass is 9.81. The second-order valence-electron chi connectivity index (χ2n) is 9.86. The zero-order valence-electron chi connectivity index (χ0n) is 20.9. The summed E-state index contributed by atoms with van der Waals surface area (Å²) in [5.41, 5.74) is 5.47. The minimum atomic E-state index is -1.93. The van der Waals surface area contributed by atoms with Crippen LogP contribution in [0.1, 0.15) is 33.6 Å². The number of fused-ring (bicyclic) bond motifs is 1. The third-order valence-corrected chi connectivity index (χ3v) is 8.82. The monoisotopic (exact) mass is 594 g/mol. The van der Waals surface area contributed by atoms with Crippen LogP contribution in [-0.4, -0.2) is 73.5 Å². The van der Waals surface area contributed by atoms with Gasteiger partial charge in [-0.05, 0) is 36.8 Å². The molecule has 0 aliphatic carbocycles. The third-order valence-electron chi connectivity index (χ3n) is 7.54. The van der Waals surface area contributed by atoms with E-state index in [9.17, 15) is 37.7 Å². The molecule has 2 aliphatic heterocycles. The number of hydrogen-bond acceptors (Lipinski definition) is 9. The smallest absolute Gasteiger partial charge is 0.250 e. The van der Waals surface area contributed by atoms with Crippen LogP contribution in [0.5, 0.6) is 0 Å². The van der Waals surface area contributed by atoms with Crippen LogP contribution in [0.15, 0.2) is 36.5 Å². The molecule has 0 radical (unpaired) electrons. The molecule has 2 aromatic carbocycles. The van der Waals surface area contributed by atoms with Crippen molar-refractivity contribution in [3.8, 4) is 11.3 Å². The average molecular weight is 595 g/mol. The Morgan fingerprint density at radius 1 is 1.17 bits per heavy atom. The second-order valence-corrected chi connectivity index (χ2v) is 10.9. The van der Waals surface area contributed by atoms with Gasteiger partial charge in [-0.25, -0.2) is 22.2 Å². The topological polar surface area (TPSA) is 153 Å². The van der Waals surface area contributed by atoms with Crippen LogP contribution in [0, 0.1) is 23.3 Å². The number of carbonyl (C=O) groups is 1. The van der Waals surface area contributed by atoms with Gasteiger partial charge < -0.3 is 30.5 Å². The van der Waals surface area contributed by atoms with E-state index >= 15 is 0 Å². The van der Waals surface area contributed by atoms with E-state index in [0.717, 1.165) is 16.0 Å². The maximum Gasteiger partial charge on any atom is 0.250 e. The molecule has 0 saturated carbocycles. The first-order valence-electron chi connectivity index (χ1n) is 12.4. The zero-order valence-corrected chi connectivity index (χ0v) is 21.7. The molecule has 2 fully saturated rings. The Hall–Kier alpha value is -3.47. The van der Waals surface area contributed by atoms with Crippen molar-refractivity contribution in [2.75, 3.05) is 13.2 Å². The van der Waals surface area contributed by atoms with Crippen LogP contribution in [0.2, 0.25) is 0 Å². The Kier molecular flexibility index (Phi) is 6.83. The molecule has 2 aromatic heterocycles. The molecule has 5 N–H and O–H groups in total. The molecular weight excluding hydrogens is 572 g/mol. The molecule has 0 unspecified atom stereocenters. The van der Waals surface area contributed by atoms with Gasteiger partial charge in [0.25, 0.3) is 0 Å². The Balaban J connectivity index is 1.44. The van der Waals surface area contributed by atoms with Crippen LogP contribution >= 0.6 is 11.3 Å². The number of ether oxygens (including phenoxy) is 2. The number of hydrogen-bond donors (Lipinski definition) is 4. The maximum absolute atomic E-state index is 14.1. The van der Waals surface area contributed by atoms with E-state index in [1.54, 1.807) is 0 Å². The van der Waals surface area contributed by atoms with Gasteiger partial charge in [0.1, 0.15) is 35.9 Å². The van der Waals surface area contributed by atoms with Crippen molar-refractivity contribution < 1.29 is 47.1 Å². The van der Waals surface area contributed by atoms with Crippen LogP contribution in [0.3, 0.4) is 0 Å². The molecule has 4 aromatic rings. The van der Waals surface area contributed by atoms with E-state index < -0.39 is 71.8 Å². The number of aromatic nitrogens is 3. The largest absolute Gasteiger partial charge is 0.394 e. The van der Waals surface area contributed by atoms with Crippen molar-refractivity contribution in [3.63, 3.8) is 0 Å². The molecule has 0 bridgehead atoms. The lowest BCUT2D eigenvalue weighted by Crippen LogP contribution is -2.64. The molecule has 1 spiro atoms. The summed E-state index contributed by atoms with van der Waals surface area (Å²) in [7, 11) is 0. The second kappa shape index (κ2) is 10.1. The molecule has 1 amide bonds. The van der Waals surface area contributed by atoms with Crippen LogP contribution in [0.25, 0.3) is 21.3 Å². The molecular formula is C26H22F4N4O6S. The lowest BCUT2D eigenvalue weighted by molar-refractivity contribution is -0.344. The Morgan fingerprint density at radius 3 is 2.59 bits per heavy atom. The van der Waals surface area contributed by atoms with E-state index in [-0.39, 0.29) is 35.2 Å². The van der Waals surface area contributed by atoms with Gasteiger partial charge in [0, 0.05) is 20.5 Å². The maximum atomic E-state index is 14.1. The molecule has 10 nitrogen and oxygen atoms in total. The Bertz CT molecular complexity index is 1640. The minimum Gasteiger partial charge on any atom is -0.394 e. The van der Waals surface area contributed by atoms with Crippen molar-refractivity contribution in [2.24, 2.45) is 5.73 Å². The highest BCUT2D eigenvalue weighted by molar-refractivity contribution is 7.19. The van der Waals surface area contributed by atoms with Gasteiger partial charge in [0.2, 0.25) is 11.7 Å². The first-order valence-corrected chi connectivity index (χ1v) is 13.2. The fourth-order valence-electron chi connectivity index (χ4n) is 5.67. The van der Waals surface area contributed by atoms with Gasteiger partial charge in [-0.1, -0.05) is 5.21 Å². The number of carbonyl (C=O) groups excluding carboxylic acids is 1. The summed E-state index contributed by atoms with van der Waals surface area (Å²) in [6.07, 6.45) is -3.19. The SMILES string of the molecule is NC(=O)c1c([C@@H]2CCO[C@]23O[C@H](CO)[C@H](O)[C@H](n2cc(-c4cc(F)c(F)c(F)c4)nn2)[C@H]3O)sc2ccc(F)cc12. The van der Waals surface area contributed by atoms with E-state index in [4.69, 9.17) is 15.2 Å². The molecule has 41 heavy (non-hydrogen) atoms. The zero-order chi connectivity index (χ0) is 29.2. The van der Waals surface area contributed by atoms with Gasteiger partial charge in [0.05, 0.1) is 30.9 Å². The van der Waals surface area contributed by atoms with Crippen LogP contribution < -0.4 is 5.73 Å². The summed E-state index contributed by atoms with van der Waals surface area (Å²) in [4.78, 5) is 12.9. The lowest BCUT2D eigenvalue weighted by Gasteiger charge is -2.49. The summed E-state index contributed by atoms with van der Waals surface area (Å²) in [5.74, 6) is -8.76. The van der Waals surface area contributed by atoms with Gasteiger partial charge in [-0.15, -0.1) is 16.4 Å². The normalized spacial score (nSPS) is 28.1. The highest BCUT2D eigenvalue weighted by Crippen LogP contribution is 2.53. The summed E-state index contributed by atoms with van der Waals surface area (Å²) in [5, 5.41) is 40.9. The number of primary amides is 1. The van der Waals surface area contributed by atoms with E-state index in [2.05, 4.69) is 10.3 Å². The Morgan fingerprint density at radius 2 is 1.90 bits per heavy atom. The van der Waals surface area contributed by atoms with Crippen molar-refractivity contribution in [1.82, 2.24) is 15.0 Å². The fourth-order valence-corrected chi connectivity index (χ4v) is 7.05. The van der Waals surface area contributed by atoms with Gasteiger partial charge in [-0.2, -0.15) is 0 Å². The van der Waals surface area contributed by atoms with Crippen molar-refractivity contribution in [2.45, 2.75) is 42.5 Å². The predicted molar refractivity (Wildman–Crippen MR) is 135 cm³/mol. The number of thiophene rings is 1. The van der Waals surface area contributed by atoms with Gasteiger partial charge in [0.15, 0.2) is 17.5 Å². The summed E-state index contributed by atoms with van der Waals surface area (Å²) in [6.45, 7) is -0.668.